The third kappa shape index (κ3) is 3.90. The molecule has 7 nitrogen and oxygen atoms in total. The molecule has 1 atom stereocenters. The number of thiophene rings is 1. The van der Waals surface area contributed by atoms with E-state index in [4.69, 9.17) is 0 Å². The Morgan fingerprint density at radius 2 is 1.76 bits per heavy atom. The van der Waals surface area contributed by atoms with E-state index in [1.54, 1.807) is 12.1 Å². The molecule has 4 aromatic rings. The molecule has 0 aliphatic carbocycles. The number of sulfonamides is 1. The number of nitrogens with one attached hydrogen (secondary N) is 3. The van der Waals surface area contributed by atoms with Crippen molar-refractivity contribution in [2.45, 2.75) is 10.9 Å². The monoisotopic (exact) mass is 431 g/mol. The van der Waals surface area contributed by atoms with Gasteiger partial charge >= 0.3 is 5.69 Å². The van der Waals surface area contributed by atoms with Gasteiger partial charge < -0.3 is 4.98 Å². The zero-order valence-corrected chi connectivity index (χ0v) is 16.3. The SMILES string of the molecule is O=c1[nH]c(=O)c2cc(S(=O)(=O)N[C@@H](c3ccc(F)cc3)c3cccs3)ccc2[nH]1. The fourth-order valence-corrected chi connectivity index (χ4v) is 5.04. The van der Waals surface area contributed by atoms with Gasteiger partial charge in [-0.1, -0.05) is 18.2 Å². The summed E-state index contributed by atoms with van der Waals surface area (Å²) in [5, 5.41) is 1.86. The molecule has 0 amide bonds. The molecule has 0 spiro atoms. The maximum Gasteiger partial charge on any atom is 0.326 e. The standard InChI is InChI=1S/C19H14FN3O4S2/c20-12-5-3-11(4-6-12)17(16-2-1-9-28-16)23-29(26,27)13-7-8-15-14(10-13)18(24)22-19(25)21-15/h1-10,17,23H,(H2,21,22,24,25)/t17-/m0/s1. The van der Waals surface area contributed by atoms with E-state index < -0.39 is 33.1 Å². The number of benzene rings is 2. The Bertz CT molecular complexity index is 1390. The van der Waals surface area contributed by atoms with Crippen LogP contribution in [-0.4, -0.2) is 18.4 Å². The van der Waals surface area contributed by atoms with Crippen LogP contribution in [0.15, 0.2) is 74.5 Å². The lowest BCUT2D eigenvalue weighted by molar-refractivity contribution is 0.573. The van der Waals surface area contributed by atoms with Gasteiger partial charge in [0.25, 0.3) is 5.56 Å². The van der Waals surface area contributed by atoms with Crippen LogP contribution in [0.2, 0.25) is 0 Å². The number of fused-ring (bicyclic) bond motifs is 1. The van der Waals surface area contributed by atoms with Gasteiger partial charge in [0.05, 0.1) is 21.8 Å². The van der Waals surface area contributed by atoms with E-state index in [2.05, 4.69) is 14.7 Å². The molecule has 0 saturated heterocycles. The Labute approximate surface area is 167 Å². The Morgan fingerprint density at radius 1 is 1.00 bits per heavy atom. The van der Waals surface area contributed by atoms with Gasteiger partial charge in [-0.05, 0) is 47.3 Å². The van der Waals surface area contributed by atoms with E-state index in [0.29, 0.717) is 5.56 Å². The van der Waals surface area contributed by atoms with Gasteiger partial charge in [-0.3, -0.25) is 9.78 Å². The number of hydrogen-bond acceptors (Lipinski definition) is 5. The largest absolute Gasteiger partial charge is 0.326 e. The summed E-state index contributed by atoms with van der Waals surface area (Å²) in [4.78, 5) is 28.5. The van der Waals surface area contributed by atoms with Crippen molar-refractivity contribution < 1.29 is 12.8 Å². The van der Waals surface area contributed by atoms with Crippen molar-refractivity contribution in [1.82, 2.24) is 14.7 Å². The molecule has 0 bridgehead atoms. The summed E-state index contributed by atoms with van der Waals surface area (Å²) in [7, 11) is -4.04. The molecule has 10 heteroatoms. The average Bonchev–Trinajstić information content (AvgIpc) is 3.21. The zero-order valence-electron chi connectivity index (χ0n) is 14.7. The average molecular weight is 431 g/mol. The fourth-order valence-electron chi connectivity index (χ4n) is 2.94. The summed E-state index contributed by atoms with van der Waals surface area (Å²) in [5.41, 5.74) is -0.564. The lowest BCUT2D eigenvalue weighted by Gasteiger charge is -2.18. The van der Waals surface area contributed by atoms with E-state index >= 15 is 0 Å². The van der Waals surface area contributed by atoms with Gasteiger partial charge in [0.1, 0.15) is 5.82 Å². The van der Waals surface area contributed by atoms with Gasteiger partial charge in [0.2, 0.25) is 10.0 Å². The Hall–Kier alpha value is -3.08. The maximum atomic E-state index is 13.3. The van der Waals surface area contributed by atoms with Crippen LogP contribution in [0.25, 0.3) is 10.9 Å². The first kappa shape index (κ1) is 19.2. The van der Waals surface area contributed by atoms with Crippen LogP contribution < -0.4 is 16.0 Å². The van der Waals surface area contributed by atoms with E-state index in [0.717, 1.165) is 4.88 Å². The molecule has 2 heterocycles. The highest BCUT2D eigenvalue weighted by atomic mass is 32.2. The normalized spacial score (nSPS) is 12.9. The third-order valence-corrected chi connectivity index (χ3v) is 6.68. The summed E-state index contributed by atoms with van der Waals surface area (Å²) in [6, 6.07) is 12.2. The smallest absolute Gasteiger partial charge is 0.307 e. The first-order valence-corrected chi connectivity index (χ1v) is 10.8. The van der Waals surface area contributed by atoms with Crippen LogP contribution >= 0.6 is 11.3 Å². The van der Waals surface area contributed by atoms with Crippen molar-refractivity contribution in [3.8, 4) is 0 Å². The number of aromatic nitrogens is 2. The number of rotatable bonds is 5. The van der Waals surface area contributed by atoms with Crippen LogP contribution in [-0.2, 0) is 10.0 Å². The second-order valence-corrected chi connectivity index (χ2v) is 8.93. The number of halogens is 1. The molecule has 0 fully saturated rings. The molecular weight excluding hydrogens is 417 g/mol. The number of aromatic amines is 2. The summed E-state index contributed by atoms with van der Waals surface area (Å²) >= 11 is 1.36. The van der Waals surface area contributed by atoms with Gasteiger partial charge in [0.15, 0.2) is 0 Å². The second-order valence-electron chi connectivity index (χ2n) is 6.24. The Morgan fingerprint density at radius 3 is 2.45 bits per heavy atom. The number of H-pyrrole nitrogens is 2. The van der Waals surface area contributed by atoms with Gasteiger partial charge in [-0.25, -0.2) is 17.6 Å². The minimum atomic E-state index is -4.04. The third-order valence-electron chi connectivity index (χ3n) is 4.33. The molecular formula is C19H14FN3O4S2. The highest BCUT2D eigenvalue weighted by Crippen LogP contribution is 2.28. The summed E-state index contributed by atoms with van der Waals surface area (Å²) in [5.74, 6) is -0.427. The first-order valence-electron chi connectivity index (χ1n) is 8.41. The molecule has 0 saturated carbocycles. The summed E-state index contributed by atoms with van der Waals surface area (Å²) < 4.78 is 42.0. The molecule has 2 aromatic heterocycles. The van der Waals surface area contributed by atoms with E-state index in [1.165, 1.54) is 53.8 Å². The maximum absolute atomic E-state index is 13.3. The second kappa shape index (κ2) is 7.39. The van der Waals surface area contributed by atoms with Gasteiger partial charge in [0, 0.05) is 4.88 Å². The quantitative estimate of drug-likeness (QED) is 0.451. The van der Waals surface area contributed by atoms with Crippen LogP contribution in [0.1, 0.15) is 16.5 Å². The topological polar surface area (TPSA) is 112 Å². The molecule has 0 unspecified atom stereocenters. The van der Waals surface area contributed by atoms with E-state index in [-0.39, 0.29) is 15.8 Å². The number of hydrogen-bond donors (Lipinski definition) is 3. The van der Waals surface area contributed by atoms with E-state index in [9.17, 15) is 22.4 Å². The van der Waals surface area contributed by atoms with Crippen LogP contribution in [0.3, 0.4) is 0 Å². The Kier molecular flexibility index (Phi) is 4.91. The Balaban J connectivity index is 1.77. The van der Waals surface area contributed by atoms with Crippen molar-refractivity contribution in [3.63, 3.8) is 0 Å². The predicted molar refractivity (Wildman–Crippen MR) is 108 cm³/mol. The summed E-state index contributed by atoms with van der Waals surface area (Å²) in [6.07, 6.45) is 0. The van der Waals surface area contributed by atoms with Gasteiger partial charge in [-0.2, -0.15) is 4.72 Å². The molecule has 0 aliphatic heterocycles. The van der Waals surface area contributed by atoms with Crippen molar-refractivity contribution in [1.29, 1.82) is 0 Å². The van der Waals surface area contributed by atoms with Crippen molar-refractivity contribution in [3.05, 3.63) is 97.1 Å². The van der Waals surface area contributed by atoms with Gasteiger partial charge in [-0.15, -0.1) is 11.3 Å². The molecule has 0 radical (unpaired) electrons. The molecule has 148 valence electrons. The molecule has 29 heavy (non-hydrogen) atoms. The van der Waals surface area contributed by atoms with Crippen molar-refractivity contribution >= 4 is 32.3 Å². The molecule has 4 rings (SSSR count). The van der Waals surface area contributed by atoms with E-state index in [1.807, 2.05) is 5.38 Å². The zero-order chi connectivity index (χ0) is 20.6. The predicted octanol–water partition coefficient (Wildman–Crippen LogP) is 2.48. The van der Waals surface area contributed by atoms with Crippen LogP contribution in [0.4, 0.5) is 4.39 Å². The fraction of sp³-hybridized carbons (Fsp3) is 0.0526. The van der Waals surface area contributed by atoms with Crippen molar-refractivity contribution in [2.75, 3.05) is 0 Å². The minimum Gasteiger partial charge on any atom is -0.307 e. The summed E-state index contributed by atoms with van der Waals surface area (Å²) in [6.45, 7) is 0. The van der Waals surface area contributed by atoms with Crippen LogP contribution in [0, 0.1) is 5.82 Å². The first-order chi connectivity index (χ1) is 13.8. The minimum absolute atomic E-state index is 0.0435. The molecule has 3 N–H and O–H groups in total. The lowest BCUT2D eigenvalue weighted by Crippen LogP contribution is -2.29. The highest BCUT2D eigenvalue weighted by Gasteiger charge is 2.24. The molecule has 2 aromatic carbocycles. The van der Waals surface area contributed by atoms with Crippen molar-refractivity contribution in [2.24, 2.45) is 0 Å². The highest BCUT2D eigenvalue weighted by molar-refractivity contribution is 7.89. The van der Waals surface area contributed by atoms with Crippen LogP contribution in [0.5, 0.6) is 0 Å². The lowest BCUT2D eigenvalue weighted by atomic mass is 10.1. The molecule has 0 aliphatic rings.